The smallest absolute Gasteiger partial charge is 0.0697 e. The van der Waals surface area contributed by atoms with Gasteiger partial charge in [0.25, 0.3) is 0 Å². The van der Waals surface area contributed by atoms with Gasteiger partial charge in [-0.05, 0) is 65.1 Å². The molecule has 21 heavy (non-hydrogen) atoms. The number of nitrogens with one attached hydrogen (secondary N) is 1. The Hall–Kier alpha value is -0.120. The van der Waals surface area contributed by atoms with Crippen LogP contribution in [0.5, 0.6) is 0 Å². The average molecular weight is 296 g/mol. The van der Waals surface area contributed by atoms with Crippen molar-refractivity contribution in [2.24, 2.45) is 0 Å². The molecule has 2 rings (SSSR count). The molecule has 0 aromatic carbocycles. The highest BCUT2D eigenvalue weighted by Gasteiger charge is 2.39. The third-order valence-electron chi connectivity index (χ3n) is 5.53. The van der Waals surface area contributed by atoms with Crippen LogP contribution in [0, 0.1) is 0 Å². The van der Waals surface area contributed by atoms with E-state index in [1.807, 2.05) is 0 Å². The maximum absolute atomic E-state index is 6.13. The molecular formula is C18H36N2O. The Morgan fingerprint density at radius 3 is 2.62 bits per heavy atom. The maximum atomic E-state index is 6.13. The second-order valence-electron chi connectivity index (χ2n) is 7.17. The summed E-state index contributed by atoms with van der Waals surface area (Å²) in [5.41, 5.74) is 0.247. The molecule has 1 heterocycles. The SMILES string of the molecule is CCN(CC)CCCC(C)NC1CCOC2(CCCC2)C1. The predicted octanol–water partition coefficient (Wildman–Crippen LogP) is 3.58. The number of rotatable bonds is 8. The summed E-state index contributed by atoms with van der Waals surface area (Å²) in [4.78, 5) is 2.52. The molecule has 1 aliphatic heterocycles. The minimum Gasteiger partial charge on any atom is -0.375 e. The molecule has 1 saturated heterocycles. The monoisotopic (exact) mass is 296 g/mol. The van der Waals surface area contributed by atoms with Crippen LogP contribution in [0.3, 0.4) is 0 Å². The number of ether oxygens (including phenoxy) is 1. The molecule has 2 unspecified atom stereocenters. The average Bonchev–Trinajstić information content (AvgIpc) is 2.91. The van der Waals surface area contributed by atoms with Crippen molar-refractivity contribution in [2.75, 3.05) is 26.2 Å². The molecule has 0 aromatic heterocycles. The lowest BCUT2D eigenvalue weighted by Gasteiger charge is -2.39. The van der Waals surface area contributed by atoms with Crippen molar-refractivity contribution in [2.45, 2.75) is 89.8 Å². The molecule has 1 saturated carbocycles. The van der Waals surface area contributed by atoms with E-state index in [4.69, 9.17) is 4.74 Å². The van der Waals surface area contributed by atoms with Crippen LogP contribution < -0.4 is 5.32 Å². The first kappa shape index (κ1) is 17.2. The van der Waals surface area contributed by atoms with Gasteiger partial charge in [-0.2, -0.15) is 0 Å². The normalized spacial score (nSPS) is 26.6. The van der Waals surface area contributed by atoms with E-state index in [-0.39, 0.29) is 5.60 Å². The predicted molar refractivity (Wildman–Crippen MR) is 89.8 cm³/mol. The molecule has 2 fully saturated rings. The molecular weight excluding hydrogens is 260 g/mol. The van der Waals surface area contributed by atoms with E-state index in [1.54, 1.807) is 0 Å². The van der Waals surface area contributed by atoms with Crippen LogP contribution in [0.15, 0.2) is 0 Å². The van der Waals surface area contributed by atoms with Gasteiger partial charge < -0.3 is 15.0 Å². The molecule has 0 amide bonds. The van der Waals surface area contributed by atoms with E-state index in [2.05, 4.69) is 31.0 Å². The van der Waals surface area contributed by atoms with Gasteiger partial charge in [-0.15, -0.1) is 0 Å². The molecule has 0 aromatic rings. The molecule has 1 aliphatic carbocycles. The molecule has 2 aliphatic rings. The first-order valence-electron chi connectivity index (χ1n) is 9.30. The maximum Gasteiger partial charge on any atom is 0.0697 e. The van der Waals surface area contributed by atoms with Gasteiger partial charge in [-0.3, -0.25) is 0 Å². The van der Waals surface area contributed by atoms with E-state index in [0.717, 1.165) is 6.61 Å². The Kier molecular flexibility index (Phi) is 6.97. The molecule has 3 heteroatoms. The van der Waals surface area contributed by atoms with Gasteiger partial charge in [-0.1, -0.05) is 26.7 Å². The first-order valence-corrected chi connectivity index (χ1v) is 9.30. The van der Waals surface area contributed by atoms with Crippen LogP contribution >= 0.6 is 0 Å². The van der Waals surface area contributed by atoms with Gasteiger partial charge in [0.05, 0.1) is 5.60 Å². The van der Waals surface area contributed by atoms with Gasteiger partial charge in [0.15, 0.2) is 0 Å². The van der Waals surface area contributed by atoms with Crippen LogP contribution in [-0.4, -0.2) is 48.8 Å². The van der Waals surface area contributed by atoms with Crippen LogP contribution in [0.4, 0.5) is 0 Å². The van der Waals surface area contributed by atoms with Crippen molar-refractivity contribution in [3.8, 4) is 0 Å². The van der Waals surface area contributed by atoms with E-state index < -0.39 is 0 Å². The standard InChI is InChI=1S/C18H36N2O/c1-4-20(5-2)13-8-9-16(3)19-17-10-14-21-18(15-17)11-6-7-12-18/h16-17,19H,4-15H2,1-3H3. The second kappa shape index (κ2) is 8.50. The molecule has 124 valence electrons. The van der Waals surface area contributed by atoms with E-state index in [0.29, 0.717) is 12.1 Å². The highest BCUT2D eigenvalue weighted by molar-refractivity contribution is 4.94. The van der Waals surface area contributed by atoms with Crippen molar-refractivity contribution in [1.82, 2.24) is 10.2 Å². The summed E-state index contributed by atoms with van der Waals surface area (Å²) in [5.74, 6) is 0. The second-order valence-corrected chi connectivity index (χ2v) is 7.17. The summed E-state index contributed by atoms with van der Waals surface area (Å²) in [6.07, 6.45) is 10.4. The minimum absolute atomic E-state index is 0.247. The molecule has 0 bridgehead atoms. The van der Waals surface area contributed by atoms with Gasteiger partial charge in [0, 0.05) is 18.7 Å². The number of hydrogen-bond donors (Lipinski definition) is 1. The minimum atomic E-state index is 0.247. The Morgan fingerprint density at radius 2 is 1.95 bits per heavy atom. The van der Waals surface area contributed by atoms with Crippen molar-refractivity contribution in [1.29, 1.82) is 0 Å². The van der Waals surface area contributed by atoms with Crippen LogP contribution in [0.1, 0.15) is 72.1 Å². The lowest BCUT2D eigenvalue weighted by molar-refractivity contribution is -0.0846. The van der Waals surface area contributed by atoms with Crippen molar-refractivity contribution in [3.05, 3.63) is 0 Å². The summed E-state index contributed by atoms with van der Waals surface area (Å²) >= 11 is 0. The zero-order valence-corrected chi connectivity index (χ0v) is 14.5. The zero-order chi connectivity index (χ0) is 15.1. The third kappa shape index (κ3) is 5.22. The summed E-state index contributed by atoms with van der Waals surface area (Å²) in [7, 11) is 0. The zero-order valence-electron chi connectivity index (χ0n) is 14.5. The summed E-state index contributed by atoms with van der Waals surface area (Å²) in [6.45, 7) is 11.4. The topological polar surface area (TPSA) is 24.5 Å². The Labute approximate surface area is 131 Å². The van der Waals surface area contributed by atoms with Crippen molar-refractivity contribution < 1.29 is 4.74 Å². The Bertz CT molecular complexity index is 285. The van der Waals surface area contributed by atoms with Crippen LogP contribution in [0.25, 0.3) is 0 Å². The lowest BCUT2D eigenvalue weighted by atomic mass is 9.88. The number of hydrogen-bond acceptors (Lipinski definition) is 3. The van der Waals surface area contributed by atoms with E-state index >= 15 is 0 Å². The summed E-state index contributed by atoms with van der Waals surface area (Å²) < 4.78 is 6.13. The van der Waals surface area contributed by atoms with Gasteiger partial charge in [0.2, 0.25) is 0 Å². The molecule has 2 atom stereocenters. The lowest BCUT2D eigenvalue weighted by Crippen LogP contribution is -2.48. The fourth-order valence-electron chi connectivity index (χ4n) is 4.18. The molecule has 0 radical (unpaired) electrons. The molecule has 3 nitrogen and oxygen atoms in total. The van der Waals surface area contributed by atoms with Gasteiger partial charge >= 0.3 is 0 Å². The largest absolute Gasteiger partial charge is 0.375 e. The van der Waals surface area contributed by atoms with E-state index in [1.165, 1.54) is 71.0 Å². The third-order valence-corrected chi connectivity index (χ3v) is 5.53. The van der Waals surface area contributed by atoms with Gasteiger partial charge in [0.1, 0.15) is 0 Å². The van der Waals surface area contributed by atoms with Crippen LogP contribution in [0.2, 0.25) is 0 Å². The Morgan fingerprint density at radius 1 is 1.24 bits per heavy atom. The van der Waals surface area contributed by atoms with Crippen LogP contribution in [-0.2, 0) is 4.74 Å². The fourth-order valence-corrected chi connectivity index (χ4v) is 4.18. The summed E-state index contributed by atoms with van der Waals surface area (Å²) in [5, 5.41) is 3.88. The molecule has 1 spiro atoms. The van der Waals surface area contributed by atoms with Gasteiger partial charge in [-0.25, -0.2) is 0 Å². The fraction of sp³-hybridized carbons (Fsp3) is 1.00. The van der Waals surface area contributed by atoms with E-state index in [9.17, 15) is 0 Å². The Balaban J connectivity index is 1.66. The number of nitrogens with zero attached hydrogens (tertiary/aromatic N) is 1. The summed E-state index contributed by atoms with van der Waals surface area (Å²) in [6, 6.07) is 1.32. The quantitative estimate of drug-likeness (QED) is 0.741. The van der Waals surface area contributed by atoms with Crippen molar-refractivity contribution in [3.63, 3.8) is 0 Å². The highest BCUT2D eigenvalue weighted by atomic mass is 16.5. The highest BCUT2D eigenvalue weighted by Crippen LogP contribution is 2.40. The first-order chi connectivity index (χ1) is 10.2. The van der Waals surface area contributed by atoms with Crippen molar-refractivity contribution >= 4 is 0 Å². The molecule has 1 N–H and O–H groups in total.